The molecule has 9 nitrogen and oxygen atoms in total. The van der Waals surface area contributed by atoms with Gasteiger partial charge in [0.1, 0.15) is 22.6 Å². The minimum absolute atomic E-state index is 0.0645. The van der Waals surface area contributed by atoms with Gasteiger partial charge in [0.05, 0.1) is 5.39 Å². The van der Waals surface area contributed by atoms with E-state index in [9.17, 15) is 4.79 Å². The number of aryl methyl sites for hydroxylation is 1. The van der Waals surface area contributed by atoms with E-state index in [1.807, 2.05) is 41.8 Å². The van der Waals surface area contributed by atoms with Crippen LogP contribution in [0.15, 0.2) is 30.3 Å². The molecule has 2 N–H and O–H groups in total. The first kappa shape index (κ1) is 24.0. The number of rotatable bonds is 5. The number of halogens is 1. The summed E-state index contributed by atoms with van der Waals surface area (Å²) in [4.78, 5) is 33.6. The highest BCUT2D eigenvalue weighted by molar-refractivity contribution is 6.34. The number of hydrogen-bond donors (Lipinski definition) is 1. The second-order valence-corrected chi connectivity index (χ2v) is 9.64. The molecular formula is C25H29ClN4O5. The molecule has 0 spiro atoms. The lowest BCUT2D eigenvalue weighted by molar-refractivity contribution is -0.481. The molecule has 3 heterocycles. The van der Waals surface area contributed by atoms with Crippen molar-refractivity contribution in [3.05, 3.63) is 52.3 Å². The van der Waals surface area contributed by atoms with E-state index >= 15 is 0 Å². The molecule has 10 heteroatoms. The zero-order valence-corrected chi connectivity index (χ0v) is 20.7. The lowest BCUT2D eigenvalue weighted by Gasteiger charge is -2.40. The molecule has 0 amide bonds. The maximum Gasteiger partial charge on any atom is 0.355 e. The van der Waals surface area contributed by atoms with Crippen LogP contribution in [0.2, 0.25) is 5.15 Å². The molecule has 186 valence electrons. The number of hydrogen-bond acceptors (Lipinski definition) is 8. The van der Waals surface area contributed by atoms with Gasteiger partial charge in [-0.2, -0.15) is 9.87 Å². The van der Waals surface area contributed by atoms with Crippen molar-refractivity contribution in [1.82, 2.24) is 14.5 Å². The maximum atomic E-state index is 13.8. The first-order valence-corrected chi connectivity index (χ1v) is 12.2. The number of aromatic nitrogens is 3. The summed E-state index contributed by atoms with van der Waals surface area (Å²) in [5.74, 6) is -1.72. The first-order chi connectivity index (χ1) is 16.8. The van der Waals surface area contributed by atoms with Crippen LogP contribution in [0.25, 0.3) is 11.0 Å². The zero-order chi connectivity index (χ0) is 24.7. The molecule has 3 atom stereocenters. The lowest BCUT2D eigenvalue weighted by Crippen LogP contribution is -2.51. The average Bonchev–Trinajstić information content (AvgIpc) is 3.47. The monoisotopic (exact) mass is 500 g/mol. The largest absolute Gasteiger partial charge is 0.452 e. The normalized spacial score (nSPS) is 25.3. The Bertz CT molecular complexity index is 1240. The van der Waals surface area contributed by atoms with Gasteiger partial charge in [-0.3, -0.25) is 0 Å². The Labute approximate surface area is 208 Å². The highest BCUT2D eigenvalue weighted by Gasteiger charge is 2.47. The molecule has 3 unspecified atom stereocenters. The second kappa shape index (κ2) is 9.39. The van der Waals surface area contributed by atoms with Gasteiger partial charge in [0, 0.05) is 19.6 Å². The summed E-state index contributed by atoms with van der Waals surface area (Å²) in [6.45, 7) is 3.52. The summed E-state index contributed by atoms with van der Waals surface area (Å²) < 4.78 is 13.6. The Hall–Kier alpha value is -2.72. The van der Waals surface area contributed by atoms with E-state index in [-0.39, 0.29) is 17.1 Å². The van der Waals surface area contributed by atoms with Crippen LogP contribution < -0.4 is 5.73 Å². The third-order valence-corrected chi connectivity index (χ3v) is 7.39. The summed E-state index contributed by atoms with van der Waals surface area (Å²) in [7, 11) is 1.49. The molecule has 0 radical (unpaired) electrons. The molecule has 1 saturated carbocycles. The van der Waals surface area contributed by atoms with E-state index in [1.165, 1.54) is 7.11 Å². The van der Waals surface area contributed by atoms with Crippen molar-refractivity contribution in [2.45, 2.75) is 70.0 Å². The minimum Gasteiger partial charge on any atom is -0.452 e. The molecule has 3 aromatic rings. The summed E-state index contributed by atoms with van der Waals surface area (Å²) in [5, 5.41) is 0.829. The minimum atomic E-state index is -1.28. The van der Waals surface area contributed by atoms with Crippen molar-refractivity contribution in [2.24, 2.45) is 0 Å². The fourth-order valence-electron chi connectivity index (χ4n) is 5.13. The molecule has 2 aliphatic rings. The van der Waals surface area contributed by atoms with Crippen molar-refractivity contribution in [1.29, 1.82) is 0 Å². The van der Waals surface area contributed by atoms with E-state index in [2.05, 4.69) is 9.97 Å². The van der Waals surface area contributed by atoms with Crippen LogP contribution in [0.1, 0.15) is 72.8 Å². The molecule has 0 bridgehead atoms. The Morgan fingerprint density at radius 1 is 1.23 bits per heavy atom. The Morgan fingerprint density at radius 3 is 2.63 bits per heavy atom. The van der Waals surface area contributed by atoms with Gasteiger partial charge >= 0.3 is 5.97 Å². The Balaban J connectivity index is 1.53. The highest BCUT2D eigenvalue weighted by atomic mass is 35.5. The number of benzene rings is 1. The van der Waals surface area contributed by atoms with Crippen molar-refractivity contribution in [2.75, 3.05) is 12.8 Å². The second-order valence-electron chi connectivity index (χ2n) is 9.28. The first-order valence-electron chi connectivity index (χ1n) is 11.8. The van der Waals surface area contributed by atoms with Crippen molar-refractivity contribution < 1.29 is 24.0 Å². The van der Waals surface area contributed by atoms with Crippen LogP contribution >= 0.6 is 11.6 Å². The van der Waals surface area contributed by atoms with Gasteiger partial charge in [-0.15, -0.1) is 0 Å². The van der Waals surface area contributed by atoms with Crippen LogP contribution in [0.5, 0.6) is 0 Å². The molecule has 1 aromatic carbocycles. The van der Waals surface area contributed by atoms with Gasteiger partial charge in [-0.05, 0) is 37.8 Å². The summed E-state index contributed by atoms with van der Waals surface area (Å²) in [6, 6.07) is 9.74. The van der Waals surface area contributed by atoms with E-state index in [4.69, 9.17) is 36.6 Å². The molecule has 1 aliphatic heterocycles. The fourth-order valence-corrected chi connectivity index (χ4v) is 5.44. The van der Waals surface area contributed by atoms with Gasteiger partial charge in [-0.25, -0.2) is 14.7 Å². The number of fused-ring (bicyclic) bond motifs is 1. The number of anilines is 1. The Morgan fingerprint density at radius 2 is 1.94 bits per heavy atom. The number of nitrogen functional groups attached to an aromatic ring is 1. The van der Waals surface area contributed by atoms with Gasteiger partial charge < -0.3 is 19.8 Å². The number of nitrogens with zero attached hydrogens (tertiary/aromatic N) is 3. The van der Waals surface area contributed by atoms with Gasteiger partial charge in [-0.1, -0.05) is 54.8 Å². The SMILES string of the molecule is COC1(C)OOC(c2ccccc2)CC1OC(=O)c1c(C)c2c(Cl)nc(N)nc2n1C1CCCC1. The number of nitrogens with two attached hydrogens (primary N) is 1. The molecule has 1 saturated heterocycles. The quantitative estimate of drug-likeness (QED) is 0.293. The highest BCUT2D eigenvalue weighted by Crippen LogP contribution is 2.41. The maximum absolute atomic E-state index is 13.8. The standard InChI is InChI=1S/C25H29ClN4O5/c1-14-19-21(26)28-24(27)29-22(19)30(16-11-7-8-12-16)20(14)23(31)33-18-13-17(15-9-5-4-6-10-15)34-35-25(18,2)32-3/h4-6,9-10,16-18H,7-8,11-13H2,1-3H3,(H2,27,28,29). The number of carbonyl (C=O) groups is 1. The van der Waals surface area contributed by atoms with Crippen molar-refractivity contribution in [3.63, 3.8) is 0 Å². The topological polar surface area (TPSA) is 111 Å². The van der Waals surface area contributed by atoms with Crippen LogP contribution in [-0.2, 0) is 19.2 Å². The molecular weight excluding hydrogens is 472 g/mol. The third kappa shape index (κ3) is 4.27. The predicted molar refractivity (Wildman–Crippen MR) is 130 cm³/mol. The van der Waals surface area contributed by atoms with Crippen LogP contribution in [0.4, 0.5) is 5.95 Å². The number of ether oxygens (including phenoxy) is 2. The molecule has 1 aliphatic carbocycles. The molecule has 5 rings (SSSR count). The molecule has 35 heavy (non-hydrogen) atoms. The van der Waals surface area contributed by atoms with Crippen LogP contribution in [0, 0.1) is 6.92 Å². The van der Waals surface area contributed by atoms with Gasteiger partial charge in [0.25, 0.3) is 0 Å². The van der Waals surface area contributed by atoms with Gasteiger partial charge in [0.15, 0.2) is 6.10 Å². The molecule has 2 aromatic heterocycles. The average molecular weight is 501 g/mol. The number of methoxy groups -OCH3 is 1. The fraction of sp³-hybridized carbons (Fsp3) is 0.480. The van der Waals surface area contributed by atoms with E-state index < -0.39 is 24.0 Å². The van der Waals surface area contributed by atoms with E-state index in [0.29, 0.717) is 28.7 Å². The number of esters is 1. The van der Waals surface area contributed by atoms with Crippen molar-refractivity contribution in [3.8, 4) is 0 Å². The third-order valence-electron chi connectivity index (χ3n) is 7.11. The summed E-state index contributed by atoms with van der Waals surface area (Å²) in [6.07, 6.45) is 3.20. The van der Waals surface area contributed by atoms with E-state index in [1.54, 1.807) is 6.92 Å². The molecule has 2 fully saturated rings. The summed E-state index contributed by atoms with van der Waals surface area (Å²) >= 11 is 6.46. The Kier molecular flexibility index (Phi) is 6.43. The summed E-state index contributed by atoms with van der Waals surface area (Å²) in [5.41, 5.74) is 8.45. The smallest absolute Gasteiger partial charge is 0.355 e. The predicted octanol–water partition coefficient (Wildman–Crippen LogP) is 5.07. The zero-order valence-electron chi connectivity index (χ0n) is 20.0. The van der Waals surface area contributed by atoms with Crippen LogP contribution in [0.3, 0.4) is 0 Å². The van der Waals surface area contributed by atoms with E-state index in [0.717, 1.165) is 31.2 Å². The van der Waals surface area contributed by atoms with Crippen molar-refractivity contribution >= 4 is 34.6 Å². The number of carbonyl (C=O) groups excluding carboxylic acids is 1. The van der Waals surface area contributed by atoms with Gasteiger partial charge in [0.2, 0.25) is 11.7 Å². The van der Waals surface area contributed by atoms with Crippen LogP contribution in [-0.4, -0.2) is 39.5 Å². The lowest BCUT2D eigenvalue weighted by atomic mass is 9.98.